The third-order valence-electron chi connectivity index (χ3n) is 3.55. The zero-order chi connectivity index (χ0) is 16.6. The summed E-state index contributed by atoms with van der Waals surface area (Å²) in [5.41, 5.74) is 3.49. The molecule has 3 rings (SSSR count). The number of hydrogen-bond donors (Lipinski definition) is 0. The van der Waals surface area contributed by atoms with E-state index in [9.17, 15) is 4.79 Å². The molecule has 0 atom stereocenters. The Kier molecular flexibility index (Phi) is 5.02. The van der Waals surface area contributed by atoms with Crippen molar-refractivity contribution in [1.82, 2.24) is 0 Å². The lowest BCUT2D eigenvalue weighted by Crippen LogP contribution is -1.93. The van der Waals surface area contributed by atoms with E-state index in [4.69, 9.17) is 0 Å². The van der Waals surface area contributed by atoms with Crippen molar-refractivity contribution in [2.45, 2.75) is 0 Å². The van der Waals surface area contributed by atoms with Crippen LogP contribution < -0.4 is 0 Å². The number of hydrogen-bond acceptors (Lipinski definition) is 1. The van der Waals surface area contributed by atoms with Crippen molar-refractivity contribution in [3.8, 4) is 11.8 Å². The van der Waals surface area contributed by atoms with Crippen molar-refractivity contribution in [1.29, 1.82) is 0 Å². The van der Waals surface area contributed by atoms with Crippen molar-refractivity contribution in [3.05, 3.63) is 113 Å². The lowest BCUT2D eigenvalue weighted by Gasteiger charge is -1.98. The molecule has 3 aromatic carbocycles. The molecule has 0 N–H and O–H groups in total. The molecule has 3 aromatic rings. The molecule has 0 spiro atoms. The Morgan fingerprint density at radius 3 is 2.08 bits per heavy atom. The van der Waals surface area contributed by atoms with Gasteiger partial charge in [-0.25, -0.2) is 0 Å². The fraction of sp³-hybridized carbons (Fsp3) is 0. The average Bonchev–Trinajstić information content (AvgIpc) is 2.66. The topological polar surface area (TPSA) is 17.1 Å². The molecule has 1 nitrogen and oxygen atoms in total. The smallest absolute Gasteiger partial charge is 0.185 e. The molecule has 0 saturated carbocycles. The van der Waals surface area contributed by atoms with E-state index in [1.807, 2.05) is 91.0 Å². The van der Waals surface area contributed by atoms with Crippen LogP contribution in [0.3, 0.4) is 0 Å². The van der Waals surface area contributed by atoms with Crippen molar-refractivity contribution in [2.24, 2.45) is 0 Å². The maximum absolute atomic E-state index is 12.2. The number of rotatable bonds is 3. The monoisotopic (exact) mass is 308 g/mol. The lowest BCUT2D eigenvalue weighted by molar-refractivity contribution is 0.104. The molecule has 0 amide bonds. The van der Waals surface area contributed by atoms with Gasteiger partial charge in [-0.15, -0.1) is 0 Å². The second kappa shape index (κ2) is 7.76. The van der Waals surface area contributed by atoms with E-state index >= 15 is 0 Å². The van der Waals surface area contributed by atoms with Crippen molar-refractivity contribution < 1.29 is 4.79 Å². The molecule has 1 heteroatoms. The van der Waals surface area contributed by atoms with Crippen LogP contribution in [0, 0.1) is 11.8 Å². The molecule has 0 aromatic heterocycles. The lowest BCUT2D eigenvalue weighted by atomic mass is 10.0. The van der Waals surface area contributed by atoms with Gasteiger partial charge in [0.25, 0.3) is 0 Å². The molecule has 24 heavy (non-hydrogen) atoms. The van der Waals surface area contributed by atoms with Crippen molar-refractivity contribution in [2.75, 3.05) is 0 Å². The van der Waals surface area contributed by atoms with Gasteiger partial charge in [0.15, 0.2) is 5.78 Å². The maximum Gasteiger partial charge on any atom is 0.185 e. The van der Waals surface area contributed by atoms with Crippen LogP contribution in [0.4, 0.5) is 0 Å². The molecular formula is C23H16O. The van der Waals surface area contributed by atoms with Gasteiger partial charge in [0.2, 0.25) is 0 Å². The van der Waals surface area contributed by atoms with Crippen LogP contribution in [0.5, 0.6) is 0 Å². The van der Waals surface area contributed by atoms with Gasteiger partial charge in [-0.2, -0.15) is 0 Å². The Morgan fingerprint density at radius 2 is 1.33 bits per heavy atom. The molecule has 0 bridgehead atoms. The summed E-state index contributed by atoms with van der Waals surface area (Å²) in [4.78, 5) is 12.2. The normalized spacial score (nSPS) is 10.2. The first-order chi connectivity index (χ1) is 11.8. The third kappa shape index (κ3) is 4.09. The zero-order valence-electron chi connectivity index (χ0n) is 13.1. The Hall–Kier alpha value is -3.37. The number of allylic oxidation sites excluding steroid dienone is 1. The molecule has 0 aliphatic heterocycles. The summed E-state index contributed by atoms with van der Waals surface area (Å²) in [6.07, 6.45) is 3.42. The Labute approximate surface area is 142 Å². The highest BCUT2D eigenvalue weighted by atomic mass is 16.1. The largest absolute Gasteiger partial charge is 0.289 e. The minimum absolute atomic E-state index is 0.0126. The quantitative estimate of drug-likeness (QED) is 0.379. The summed E-state index contributed by atoms with van der Waals surface area (Å²) in [5, 5.41) is 0. The summed E-state index contributed by atoms with van der Waals surface area (Å²) in [5.74, 6) is 6.32. The van der Waals surface area contributed by atoms with Gasteiger partial charge in [-0.3, -0.25) is 4.79 Å². The highest BCUT2D eigenvalue weighted by Gasteiger charge is 2.01. The Bertz CT molecular complexity index is 910. The van der Waals surface area contributed by atoms with Crippen LogP contribution in [0.2, 0.25) is 0 Å². The van der Waals surface area contributed by atoms with Crippen molar-refractivity contribution in [3.63, 3.8) is 0 Å². The molecule has 0 unspecified atom stereocenters. The summed E-state index contributed by atoms with van der Waals surface area (Å²) in [6.45, 7) is 0. The third-order valence-corrected chi connectivity index (χ3v) is 3.55. The fourth-order valence-corrected chi connectivity index (χ4v) is 2.28. The number of carbonyl (C=O) groups excluding carboxylic acids is 1. The molecule has 0 fully saturated rings. The first kappa shape index (κ1) is 15.5. The Morgan fingerprint density at radius 1 is 0.708 bits per heavy atom. The minimum Gasteiger partial charge on any atom is -0.289 e. The maximum atomic E-state index is 12.2. The second-order valence-electron chi connectivity index (χ2n) is 5.27. The molecule has 0 heterocycles. The van der Waals surface area contributed by atoms with Crippen molar-refractivity contribution >= 4 is 11.9 Å². The first-order valence-corrected chi connectivity index (χ1v) is 7.76. The Balaban J connectivity index is 1.84. The number of benzene rings is 3. The van der Waals surface area contributed by atoms with Crippen LogP contribution in [0.25, 0.3) is 6.08 Å². The van der Waals surface area contributed by atoms with E-state index in [-0.39, 0.29) is 5.78 Å². The van der Waals surface area contributed by atoms with E-state index in [2.05, 4.69) is 11.8 Å². The van der Waals surface area contributed by atoms with E-state index in [0.717, 1.165) is 16.7 Å². The summed E-state index contributed by atoms with van der Waals surface area (Å²) in [7, 11) is 0. The van der Waals surface area contributed by atoms with Gasteiger partial charge in [0.05, 0.1) is 0 Å². The van der Waals surface area contributed by atoms with E-state index in [0.29, 0.717) is 5.56 Å². The fourth-order valence-electron chi connectivity index (χ4n) is 2.28. The molecule has 0 aliphatic carbocycles. The predicted molar refractivity (Wildman–Crippen MR) is 98.7 cm³/mol. The predicted octanol–water partition coefficient (Wildman–Crippen LogP) is 4.98. The summed E-state index contributed by atoms with van der Waals surface area (Å²) < 4.78 is 0. The van der Waals surface area contributed by atoms with E-state index in [1.165, 1.54) is 0 Å². The van der Waals surface area contributed by atoms with Crippen LogP contribution in [0.15, 0.2) is 91.0 Å². The highest BCUT2D eigenvalue weighted by molar-refractivity contribution is 6.06. The highest BCUT2D eigenvalue weighted by Crippen LogP contribution is 2.11. The SMILES string of the molecule is O=C(/C=C/c1ccccc1C#Cc1ccccc1)c1ccccc1. The minimum atomic E-state index is -0.0126. The summed E-state index contributed by atoms with van der Waals surface area (Å²) in [6, 6.07) is 26.9. The second-order valence-corrected chi connectivity index (χ2v) is 5.27. The number of ketones is 1. The van der Waals surface area contributed by atoms with Crippen LogP contribution in [-0.2, 0) is 0 Å². The molecule has 0 saturated heterocycles. The van der Waals surface area contributed by atoms with E-state index in [1.54, 1.807) is 6.08 Å². The van der Waals surface area contributed by atoms with Gasteiger partial charge < -0.3 is 0 Å². The van der Waals surface area contributed by atoms with Crippen LogP contribution >= 0.6 is 0 Å². The van der Waals surface area contributed by atoms with Gasteiger partial charge >= 0.3 is 0 Å². The molecular weight excluding hydrogens is 292 g/mol. The average molecular weight is 308 g/mol. The van der Waals surface area contributed by atoms with E-state index < -0.39 is 0 Å². The van der Waals surface area contributed by atoms with Gasteiger partial charge in [0.1, 0.15) is 0 Å². The van der Waals surface area contributed by atoms with Gasteiger partial charge in [-0.1, -0.05) is 78.6 Å². The first-order valence-electron chi connectivity index (χ1n) is 7.76. The molecule has 114 valence electrons. The van der Waals surface area contributed by atoms with Crippen LogP contribution in [0.1, 0.15) is 27.0 Å². The van der Waals surface area contributed by atoms with Crippen LogP contribution in [-0.4, -0.2) is 5.78 Å². The standard InChI is InChI=1S/C23H16O/c24-23(22-13-5-2-6-14-22)18-17-21-12-8-7-11-20(21)16-15-19-9-3-1-4-10-19/h1-14,17-18H/b18-17+. The number of carbonyl (C=O) groups is 1. The zero-order valence-corrected chi connectivity index (χ0v) is 13.1. The molecule has 0 radical (unpaired) electrons. The molecule has 0 aliphatic rings. The van der Waals surface area contributed by atoms with Gasteiger partial charge in [0, 0.05) is 16.7 Å². The van der Waals surface area contributed by atoms with Gasteiger partial charge in [-0.05, 0) is 35.9 Å². The summed E-state index contributed by atoms with van der Waals surface area (Å²) >= 11 is 0.